The number of carbonyl (C=O) groups excluding carboxylic acids is 2. The number of carbonyl (C=O) groups is 2. The number of hydrogen-bond acceptors (Lipinski definition) is 4. The van der Waals surface area contributed by atoms with Crippen molar-refractivity contribution < 1.29 is 50.2 Å². The first-order valence-electron chi connectivity index (χ1n) is 16.7. The van der Waals surface area contributed by atoms with Crippen LogP contribution in [0.5, 0.6) is 11.5 Å². The number of aromatic hydroxyl groups is 1. The van der Waals surface area contributed by atoms with Crippen molar-refractivity contribution in [3.05, 3.63) is 48.0 Å². The lowest BCUT2D eigenvalue weighted by Gasteiger charge is -2.27. The minimum atomic E-state index is -6.70. The van der Waals surface area contributed by atoms with Gasteiger partial charge in [-0.25, -0.2) is 0 Å². The second-order valence-corrected chi connectivity index (χ2v) is 12.0. The molecule has 0 aliphatic rings. The lowest BCUT2D eigenvalue weighted by Crippen LogP contribution is -2.57. The Morgan fingerprint density at radius 1 is 0.750 bits per heavy atom. The number of anilines is 2. The Morgan fingerprint density at radius 3 is 1.83 bits per heavy atom. The van der Waals surface area contributed by atoms with Gasteiger partial charge in [-0.15, -0.1) is 0 Å². The van der Waals surface area contributed by atoms with Crippen LogP contribution in [0.15, 0.2) is 42.5 Å². The number of alkyl halides is 7. The number of benzene rings is 2. The van der Waals surface area contributed by atoms with Gasteiger partial charge in [0, 0.05) is 11.8 Å². The molecular weight excluding hydrogens is 645 g/mol. The molecule has 0 aromatic heterocycles. The summed E-state index contributed by atoms with van der Waals surface area (Å²) < 4.78 is 96.6. The fourth-order valence-electron chi connectivity index (χ4n) is 5.07. The third-order valence-electron chi connectivity index (χ3n) is 7.96. The van der Waals surface area contributed by atoms with Crippen molar-refractivity contribution in [1.82, 2.24) is 0 Å². The van der Waals surface area contributed by atoms with Crippen molar-refractivity contribution in [1.29, 1.82) is 0 Å². The van der Waals surface area contributed by atoms with Gasteiger partial charge in [0.2, 0.25) is 0 Å². The van der Waals surface area contributed by atoms with Crippen LogP contribution in [0.25, 0.3) is 0 Å². The van der Waals surface area contributed by atoms with E-state index in [9.17, 15) is 45.4 Å². The highest BCUT2D eigenvalue weighted by molar-refractivity contribution is 5.99. The van der Waals surface area contributed by atoms with Crippen molar-refractivity contribution in [2.45, 2.75) is 134 Å². The normalized spacial score (nSPS) is 12.9. The van der Waals surface area contributed by atoms with E-state index < -0.39 is 47.4 Å². The Morgan fingerprint density at radius 2 is 1.31 bits per heavy atom. The summed E-state index contributed by atoms with van der Waals surface area (Å²) in [7, 11) is 0. The van der Waals surface area contributed by atoms with Crippen molar-refractivity contribution in [2.24, 2.45) is 0 Å². The van der Waals surface area contributed by atoms with Crippen molar-refractivity contribution in [3.63, 3.8) is 0 Å². The maximum Gasteiger partial charge on any atom is 0.460 e. The smallest absolute Gasteiger partial charge is 0.460 e. The van der Waals surface area contributed by atoms with E-state index in [-0.39, 0.29) is 12.1 Å². The summed E-state index contributed by atoms with van der Waals surface area (Å²) in [5, 5.41) is 13.7. The molecule has 0 aliphatic carbocycles. The van der Waals surface area contributed by atoms with Crippen LogP contribution < -0.4 is 15.4 Å². The molecule has 270 valence electrons. The Kier molecular flexibility index (Phi) is 16.5. The number of aryl methyl sites for hydroxylation is 1. The van der Waals surface area contributed by atoms with E-state index in [0.29, 0.717) is 5.75 Å². The number of ether oxygens (including phenoxy) is 1. The molecule has 13 heteroatoms. The Labute approximate surface area is 277 Å². The summed E-state index contributed by atoms with van der Waals surface area (Å²) in [6.07, 6.45) is 9.89. The number of phenolic OH excluding ortho intramolecular Hbond substituents is 1. The van der Waals surface area contributed by atoms with Gasteiger partial charge in [-0.1, -0.05) is 103 Å². The van der Waals surface area contributed by atoms with Gasteiger partial charge in [0.25, 0.3) is 5.91 Å². The summed E-state index contributed by atoms with van der Waals surface area (Å²) in [6.45, 7) is 3.93. The Hall–Kier alpha value is -3.51. The minimum absolute atomic E-state index is 0.0823. The van der Waals surface area contributed by atoms with Gasteiger partial charge in [0.05, 0.1) is 5.69 Å². The van der Waals surface area contributed by atoms with E-state index in [1.54, 1.807) is 13.0 Å². The second kappa shape index (κ2) is 19.5. The van der Waals surface area contributed by atoms with E-state index in [1.165, 1.54) is 70.6 Å². The SMILES string of the molecule is CCCCCCCCCCCCCCCc1cccc(OC(CC)C(=O)Nc2ccc(NC(=O)C(F)(F)C(F)(F)C(F)(F)F)c(O)c2)c1. The third-order valence-corrected chi connectivity index (χ3v) is 7.96. The molecule has 2 aromatic rings. The van der Waals surface area contributed by atoms with Crippen molar-refractivity contribution in [2.75, 3.05) is 10.6 Å². The third kappa shape index (κ3) is 12.5. The highest BCUT2D eigenvalue weighted by Gasteiger charge is 2.76. The van der Waals surface area contributed by atoms with E-state index in [1.807, 2.05) is 18.2 Å². The summed E-state index contributed by atoms with van der Waals surface area (Å²) >= 11 is 0. The molecule has 0 saturated carbocycles. The Balaban J connectivity index is 1.82. The maximum absolute atomic E-state index is 13.6. The van der Waals surface area contributed by atoms with Gasteiger partial charge in [-0.3, -0.25) is 9.59 Å². The summed E-state index contributed by atoms with van der Waals surface area (Å²) in [5.41, 5.74) is 0.104. The molecule has 3 N–H and O–H groups in total. The van der Waals surface area contributed by atoms with Gasteiger partial charge in [0.15, 0.2) is 6.10 Å². The molecule has 2 amide bonds. The number of hydrogen-bond donors (Lipinski definition) is 3. The predicted molar refractivity (Wildman–Crippen MR) is 172 cm³/mol. The summed E-state index contributed by atoms with van der Waals surface area (Å²) in [6, 6.07) is 9.97. The maximum atomic E-state index is 13.6. The number of rotatable bonds is 22. The van der Waals surface area contributed by atoms with Gasteiger partial charge in [-0.05, 0) is 49.1 Å². The van der Waals surface area contributed by atoms with Crippen LogP contribution in [0.3, 0.4) is 0 Å². The quantitative estimate of drug-likeness (QED) is 0.0651. The fourth-order valence-corrected chi connectivity index (χ4v) is 5.07. The average molecular weight is 693 g/mol. The highest BCUT2D eigenvalue weighted by atomic mass is 19.4. The largest absolute Gasteiger partial charge is 0.506 e. The molecule has 2 rings (SSSR count). The minimum Gasteiger partial charge on any atom is -0.506 e. The van der Waals surface area contributed by atoms with E-state index in [4.69, 9.17) is 4.74 Å². The van der Waals surface area contributed by atoms with Crippen LogP contribution in [0.4, 0.5) is 42.1 Å². The van der Waals surface area contributed by atoms with Crippen LogP contribution in [0.1, 0.15) is 109 Å². The number of halogens is 7. The first-order valence-corrected chi connectivity index (χ1v) is 16.7. The number of nitrogens with one attached hydrogen (secondary N) is 2. The first-order chi connectivity index (χ1) is 22.6. The molecule has 0 aliphatic heterocycles. The standard InChI is InChI=1S/C35H47F7N2O4/c1-3-5-6-7-8-9-10-11-12-13-14-15-16-18-25-19-17-20-27(23-25)48-30(4-2)31(46)43-26-21-22-28(29(45)24-26)44-32(47)33(36,37)34(38,39)35(40,41)42/h17,19-24,30,45H,3-16,18H2,1-2H3,(H,43,46)(H,44,47). The molecule has 0 heterocycles. The summed E-state index contributed by atoms with van der Waals surface area (Å²) in [4.78, 5) is 24.5. The monoisotopic (exact) mass is 692 g/mol. The molecule has 48 heavy (non-hydrogen) atoms. The van der Waals surface area contributed by atoms with Crippen molar-refractivity contribution >= 4 is 23.2 Å². The lowest BCUT2D eigenvalue weighted by molar-refractivity contribution is -0.343. The van der Waals surface area contributed by atoms with Crippen LogP contribution in [0, 0.1) is 0 Å². The molecule has 1 unspecified atom stereocenters. The zero-order valence-electron chi connectivity index (χ0n) is 27.5. The summed E-state index contributed by atoms with van der Waals surface area (Å²) in [5.74, 6) is -16.9. The molecule has 0 saturated heterocycles. The molecule has 0 spiro atoms. The predicted octanol–water partition coefficient (Wildman–Crippen LogP) is 10.6. The van der Waals surface area contributed by atoms with Gasteiger partial charge in [0.1, 0.15) is 11.5 Å². The van der Waals surface area contributed by atoms with Gasteiger partial charge >= 0.3 is 23.9 Å². The zero-order chi connectivity index (χ0) is 35.8. The molecule has 1 atom stereocenters. The average Bonchev–Trinajstić information content (AvgIpc) is 3.02. The number of unbranched alkanes of at least 4 members (excludes halogenated alkanes) is 12. The first kappa shape index (κ1) is 40.7. The molecule has 2 aromatic carbocycles. The van der Waals surface area contributed by atoms with Gasteiger partial charge < -0.3 is 20.5 Å². The van der Waals surface area contributed by atoms with Crippen molar-refractivity contribution in [3.8, 4) is 11.5 Å². The molecule has 0 bridgehead atoms. The molecule has 6 nitrogen and oxygen atoms in total. The molecule has 0 radical (unpaired) electrons. The second-order valence-electron chi connectivity index (χ2n) is 12.0. The van der Waals surface area contributed by atoms with E-state index in [0.717, 1.165) is 48.3 Å². The zero-order valence-corrected chi connectivity index (χ0v) is 27.5. The Bertz CT molecular complexity index is 1290. The van der Waals surface area contributed by atoms with Crippen LogP contribution in [0.2, 0.25) is 0 Å². The topological polar surface area (TPSA) is 87.7 Å². The molecular formula is C35H47F7N2O4. The van der Waals surface area contributed by atoms with Gasteiger partial charge in [-0.2, -0.15) is 30.7 Å². The molecule has 0 fully saturated rings. The van der Waals surface area contributed by atoms with E-state index >= 15 is 0 Å². The van der Waals surface area contributed by atoms with E-state index in [2.05, 4.69) is 12.2 Å². The van der Waals surface area contributed by atoms with Crippen LogP contribution in [-0.2, 0) is 16.0 Å². The number of phenols is 1. The lowest BCUT2D eigenvalue weighted by atomic mass is 10.0. The van der Waals surface area contributed by atoms with Crippen LogP contribution in [-0.4, -0.2) is 41.0 Å². The number of amides is 2. The van der Waals surface area contributed by atoms with Crippen LogP contribution >= 0.6 is 0 Å². The highest BCUT2D eigenvalue weighted by Crippen LogP contribution is 2.47. The fraction of sp³-hybridized carbons (Fsp3) is 0.600.